The van der Waals surface area contributed by atoms with Gasteiger partial charge in [0.1, 0.15) is 6.61 Å². The van der Waals surface area contributed by atoms with Gasteiger partial charge in [-0.25, -0.2) is 0 Å². The number of hydrogen-bond acceptors (Lipinski definition) is 3. The van der Waals surface area contributed by atoms with Crippen LogP contribution in [-0.4, -0.2) is 13.7 Å². The molecule has 0 amide bonds. The summed E-state index contributed by atoms with van der Waals surface area (Å²) < 4.78 is 12.3. The summed E-state index contributed by atoms with van der Waals surface area (Å²) in [4.78, 5) is 0. The van der Waals surface area contributed by atoms with E-state index in [2.05, 4.69) is 28.2 Å². The van der Waals surface area contributed by atoms with Crippen LogP contribution in [0.5, 0.6) is 11.5 Å². The van der Waals surface area contributed by atoms with Crippen LogP contribution in [0.15, 0.2) is 34.8 Å². The average molecular weight is 461 g/mol. The molecule has 6 heteroatoms. The van der Waals surface area contributed by atoms with Gasteiger partial charge in [-0.3, -0.25) is 0 Å². The van der Waals surface area contributed by atoms with Gasteiger partial charge in [0.15, 0.2) is 11.5 Å². The summed E-state index contributed by atoms with van der Waals surface area (Å²) in [6, 6.07) is 9.41. The fourth-order valence-corrected chi connectivity index (χ4v) is 3.60. The summed E-state index contributed by atoms with van der Waals surface area (Å²) in [7, 11) is 1.64. The summed E-state index contributed by atoms with van der Waals surface area (Å²) in [6.07, 6.45) is 3.67. The fourth-order valence-electron chi connectivity index (χ4n) is 2.54. The van der Waals surface area contributed by atoms with Gasteiger partial charge >= 0.3 is 0 Å². The van der Waals surface area contributed by atoms with E-state index in [4.69, 9.17) is 32.7 Å². The maximum atomic E-state index is 6.21. The van der Waals surface area contributed by atoms with Gasteiger partial charge < -0.3 is 14.8 Å². The molecule has 0 radical (unpaired) electrons. The normalized spacial score (nSPS) is 10.8. The Morgan fingerprint density at radius 1 is 1.12 bits per heavy atom. The third-order valence-corrected chi connectivity index (χ3v) is 5.14. The van der Waals surface area contributed by atoms with Crippen molar-refractivity contribution in [3.05, 3.63) is 56.0 Å². The minimum atomic E-state index is 0.333. The van der Waals surface area contributed by atoms with Crippen molar-refractivity contribution in [2.75, 3.05) is 13.7 Å². The van der Waals surface area contributed by atoms with Crippen LogP contribution in [-0.2, 0) is 13.2 Å². The van der Waals surface area contributed by atoms with Gasteiger partial charge in [-0.05, 0) is 58.7 Å². The van der Waals surface area contributed by atoms with Crippen molar-refractivity contribution in [1.29, 1.82) is 0 Å². The number of nitrogens with one attached hydrogen (secondary N) is 1. The number of benzene rings is 2. The Morgan fingerprint density at radius 2 is 1.92 bits per heavy atom. The highest BCUT2D eigenvalue weighted by atomic mass is 79.9. The maximum absolute atomic E-state index is 6.21. The SMILES string of the molecule is CCCCCNCc1cc(Br)c(OCc2ccc(Cl)cc2Cl)c(OC)c1. The lowest BCUT2D eigenvalue weighted by atomic mass is 10.2. The van der Waals surface area contributed by atoms with Crippen LogP contribution < -0.4 is 14.8 Å². The lowest BCUT2D eigenvalue weighted by Crippen LogP contribution is -2.14. The minimum Gasteiger partial charge on any atom is -0.493 e. The summed E-state index contributed by atoms with van der Waals surface area (Å²) >= 11 is 15.7. The van der Waals surface area contributed by atoms with Crippen molar-refractivity contribution in [3.63, 3.8) is 0 Å². The molecule has 0 aliphatic rings. The summed E-state index contributed by atoms with van der Waals surface area (Å²) in [5, 5.41) is 4.65. The standard InChI is InChI=1S/C20H24BrCl2NO2/c1-3-4-5-8-24-12-14-9-17(21)20(19(10-14)25-2)26-13-15-6-7-16(22)11-18(15)23/h6-7,9-11,24H,3-5,8,12-13H2,1-2H3. The molecule has 0 aliphatic carbocycles. The minimum absolute atomic E-state index is 0.333. The second kappa shape index (κ2) is 11.0. The first-order valence-electron chi connectivity index (χ1n) is 8.69. The molecule has 1 N–H and O–H groups in total. The second-order valence-electron chi connectivity index (χ2n) is 6.02. The number of ether oxygens (including phenoxy) is 2. The molecule has 0 unspecified atom stereocenters. The van der Waals surface area contributed by atoms with Gasteiger partial charge in [-0.1, -0.05) is 49.0 Å². The Morgan fingerprint density at radius 3 is 2.62 bits per heavy atom. The first-order chi connectivity index (χ1) is 12.5. The molecule has 0 saturated carbocycles. The zero-order chi connectivity index (χ0) is 18.9. The van der Waals surface area contributed by atoms with Crippen molar-refractivity contribution in [2.45, 2.75) is 39.3 Å². The monoisotopic (exact) mass is 459 g/mol. The topological polar surface area (TPSA) is 30.5 Å². The Kier molecular flexibility index (Phi) is 9.06. The number of halogens is 3. The smallest absolute Gasteiger partial charge is 0.175 e. The molecular formula is C20H24BrCl2NO2. The Bertz CT molecular complexity index is 725. The molecular weight excluding hydrogens is 437 g/mol. The van der Waals surface area contributed by atoms with Gasteiger partial charge in [0.2, 0.25) is 0 Å². The molecule has 0 aromatic heterocycles. The van der Waals surface area contributed by atoms with E-state index in [1.807, 2.05) is 18.2 Å². The first kappa shape index (κ1) is 21.4. The highest BCUT2D eigenvalue weighted by Gasteiger charge is 2.13. The van der Waals surface area contributed by atoms with Crippen molar-refractivity contribution in [2.24, 2.45) is 0 Å². The zero-order valence-corrected chi connectivity index (χ0v) is 18.2. The van der Waals surface area contributed by atoms with E-state index in [0.29, 0.717) is 28.2 Å². The Hall–Kier alpha value is -0.940. The molecule has 0 atom stereocenters. The highest BCUT2D eigenvalue weighted by molar-refractivity contribution is 9.10. The molecule has 142 valence electrons. The molecule has 0 bridgehead atoms. The number of rotatable bonds is 10. The maximum Gasteiger partial charge on any atom is 0.175 e. The van der Waals surface area contributed by atoms with Crippen LogP contribution in [0.1, 0.15) is 37.3 Å². The Labute approximate surface area is 174 Å². The molecule has 0 spiro atoms. The lowest BCUT2D eigenvalue weighted by Gasteiger charge is -2.15. The fraction of sp³-hybridized carbons (Fsp3) is 0.400. The van der Waals surface area contributed by atoms with Crippen LogP contribution >= 0.6 is 39.1 Å². The van der Waals surface area contributed by atoms with Crippen LogP contribution in [0.2, 0.25) is 10.0 Å². The quantitative estimate of drug-likeness (QED) is 0.404. The zero-order valence-electron chi connectivity index (χ0n) is 15.1. The predicted octanol–water partition coefficient (Wildman–Crippen LogP) is 6.62. The van der Waals surface area contributed by atoms with Crippen LogP contribution in [0.3, 0.4) is 0 Å². The van der Waals surface area contributed by atoms with E-state index in [-0.39, 0.29) is 0 Å². The predicted molar refractivity (Wildman–Crippen MR) is 113 cm³/mol. The largest absolute Gasteiger partial charge is 0.493 e. The number of hydrogen-bond donors (Lipinski definition) is 1. The Balaban J connectivity index is 2.03. The number of methoxy groups -OCH3 is 1. The van der Waals surface area contributed by atoms with Crippen LogP contribution in [0.4, 0.5) is 0 Å². The van der Waals surface area contributed by atoms with E-state index >= 15 is 0 Å². The van der Waals surface area contributed by atoms with Gasteiger partial charge in [0, 0.05) is 22.2 Å². The lowest BCUT2D eigenvalue weighted by molar-refractivity contribution is 0.282. The van der Waals surface area contributed by atoms with E-state index < -0.39 is 0 Å². The van der Waals surface area contributed by atoms with Gasteiger partial charge in [0.25, 0.3) is 0 Å². The van der Waals surface area contributed by atoms with Crippen molar-refractivity contribution < 1.29 is 9.47 Å². The van der Waals surface area contributed by atoms with E-state index in [9.17, 15) is 0 Å². The summed E-state index contributed by atoms with van der Waals surface area (Å²) in [5.41, 5.74) is 2.01. The van der Waals surface area contributed by atoms with Crippen LogP contribution in [0, 0.1) is 0 Å². The van der Waals surface area contributed by atoms with Gasteiger partial charge in [-0.15, -0.1) is 0 Å². The average Bonchev–Trinajstić information content (AvgIpc) is 2.61. The van der Waals surface area contributed by atoms with Crippen molar-refractivity contribution >= 4 is 39.1 Å². The van der Waals surface area contributed by atoms with Crippen LogP contribution in [0.25, 0.3) is 0 Å². The molecule has 2 rings (SSSR count). The molecule has 3 nitrogen and oxygen atoms in total. The van der Waals surface area contributed by atoms with Crippen molar-refractivity contribution in [3.8, 4) is 11.5 Å². The summed E-state index contributed by atoms with van der Waals surface area (Å²) in [6.45, 7) is 4.35. The van der Waals surface area contributed by atoms with Gasteiger partial charge in [0.05, 0.1) is 11.6 Å². The van der Waals surface area contributed by atoms with E-state index in [1.54, 1.807) is 19.2 Å². The number of unbranched alkanes of at least 4 members (excludes halogenated alkanes) is 2. The molecule has 0 saturated heterocycles. The highest BCUT2D eigenvalue weighted by Crippen LogP contribution is 2.37. The molecule has 26 heavy (non-hydrogen) atoms. The molecule has 2 aromatic rings. The van der Waals surface area contributed by atoms with Gasteiger partial charge in [-0.2, -0.15) is 0 Å². The molecule has 0 aliphatic heterocycles. The van der Waals surface area contributed by atoms with E-state index in [1.165, 1.54) is 19.3 Å². The van der Waals surface area contributed by atoms with Crippen molar-refractivity contribution in [1.82, 2.24) is 5.32 Å². The summed E-state index contributed by atoms with van der Waals surface area (Å²) in [5.74, 6) is 1.35. The third-order valence-electron chi connectivity index (χ3n) is 3.96. The molecule has 0 heterocycles. The van der Waals surface area contributed by atoms with E-state index in [0.717, 1.165) is 28.7 Å². The second-order valence-corrected chi connectivity index (χ2v) is 7.72. The molecule has 2 aromatic carbocycles. The first-order valence-corrected chi connectivity index (χ1v) is 10.2. The molecule has 0 fully saturated rings. The third kappa shape index (κ3) is 6.34.